The molecule has 0 saturated heterocycles. The highest BCUT2D eigenvalue weighted by atomic mass is 35.5. The molecular weight excluding hydrogens is 242 g/mol. The maximum atomic E-state index is 11.9. The fourth-order valence-electron chi connectivity index (χ4n) is 0.786. The van der Waals surface area contributed by atoms with E-state index in [-0.39, 0.29) is 24.8 Å². The van der Waals surface area contributed by atoms with Gasteiger partial charge in [0.1, 0.15) is 0 Å². The molecule has 0 aliphatic carbocycles. The van der Waals surface area contributed by atoms with E-state index in [1.54, 1.807) is 0 Å². The standard InChI is InChI=1S/C6H8F3N3.2ClH/c7-6(8,9)5-11-3-4(12-5)1-2-10;;/h3H,1-2,10H2,(H,11,12);2*1H. The third-order valence-corrected chi connectivity index (χ3v) is 1.31. The highest BCUT2D eigenvalue weighted by molar-refractivity contribution is 5.85. The van der Waals surface area contributed by atoms with E-state index in [1.807, 2.05) is 0 Å². The Labute approximate surface area is 91.1 Å². The Bertz CT molecular complexity index is 261. The molecule has 84 valence electrons. The maximum Gasteiger partial charge on any atom is 0.449 e. The number of H-pyrrole nitrogens is 1. The lowest BCUT2D eigenvalue weighted by molar-refractivity contribution is -0.144. The van der Waals surface area contributed by atoms with Gasteiger partial charge in [0.15, 0.2) is 0 Å². The molecule has 0 aliphatic rings. The van der Waals surface area contributed by atoms with Gasteiger partial charge in [-0.25, -0.2) is 4.98 Å². The minimum atomic E-state index is -4.40. The van der Waals surface area contributed by atoms with Crippen molar-refractivity contribution in [2.24, 2.45) is 5.73 Å². The maximum absolute atomic E-state index is 11.9. The third kappa shape index (κ3) is 4.17. The topological polar surface area (TPSA) is 54.7 Å². The van der Waals surface area contributed by atoms with Crippen molar-refractivity contribution in [3.63, 3.8) is 0 Å². The van der Waals surface area contributed by atoms with Crippen LogP contribution in [0.15, 0.2) is 6.20 Å². The third-order valence-electron chi connectivity index (χ3n) is 1.31. The van der Waals surface area contributed by atoms with Crippen LogP contribution in [-0.2, 0) is 12.6 Å². The molecule has 0 radical (unpaired) electrons. The summed E-state index contributed by atoms with van der Waals surface area (Å²) in [4.78, 5) is 5.31. The molecule has 0 atom stereocenters. The van der Waals surface area contributed by atoms with E-state index >= 15 is 0 Å². The van der Waals surface area contributed by atoms with Crippen LogP contribution < -0.4 is 5.73 Å². The summed E-state index contributed by atoms with van der Waals surface area (Å²) in [5, 5.41) is 0. The van der Waals surface area contributed by atoms with Gasteiger partial charge in [0, 0.05) is 18.3 Å². The minimum absolute atomic E-state index is 0. The number of nitrogens with zero attached hydrogens (tertiary/aromatic N) is 1. The molecule has 1 aromatic rings. The van der Waals surface area contributed by atoms with Gasteiger partial charge >= 0.3 is 6.18 Å². The van der Waals surface area contributed by atoms with E-state index in [9.17, 15) is 13.2 Å². The molecule has 0 unspecified atom stereocenters. The monoisotopic (exact) mass is 251 g/mol. The highest BCUT2D eigenvalue weighted by Gasteiger charge is 2.34. The SMILES string of the molecule is Cl.Cl.NCCc1cnc(C(F)(F)F)[nH]1. The molecule has 0 saturated carbocycles. The second-order valence-electron chi connectivity index (χ2n) is 2.29. The van der Waals surface area contributed by atoms with Crippen molar-refractivity contribution in [3.05, 3.63) is 17.7 Å². The largest absolute Gasteiger partial charge is 0.449 e. The first-order valence-electron chi connectivity index (χ1n) is 3.35. The quantitative estimate of drug-likeness (QED) is 0.842. The Hall–Kier alpha value is -0.460. The number of hydrogen-bond donors (Lipinski definition) is 2. The second kappa shape index (κ2) is 6.10. The number of aromatic amines is 1. The van der Waals surface area contributed by atoms with E-state index in [4.69, 9.17) is 5.73 Å². The summed E-state index contributed by atoms with van der Waals surface area (Å²) in [7, 11) is 0. The Kier molecular flexibility index (Phi) is 6.97. The van der Waals surface area contributed by atoms with E-state index in [2.05, 4.69) is 9.97 Å². The van der Waals surface area contributed by atoms with Crippen LogP contribution in [0.5, 0.6) is 0 Å². The molecular formula is C6H10Cl2F3N3. The Morgan fingerprint density at radius 2 is 1.93 bits per heavy atom. The van der Waals surface area contributed by atoms with Crippen molar-refractivity contribution in [2.75, 3.05) is 6.54 Å². The number of rotatable bonds is 2. The average Bonchev–Trinajstić information content (AvgIpc) is 2.35. The molecule has 0 bridgehead atoms. The summed E-state index contributed by atoms with van der Waals surface area (Å²) < 4.78 is 35.7. The fourth-order valence-corrected chi connectivity index (χ4v) is 0.786. The summed E-state index contributed by atoms with van der Waals surface area (Å²) in [6.45, 7) is 0.305. The Morgan fingerprint density at radius 3 is 2.29 bits per heavy atom. The van der Waals surface area contributed by atoms with Crippen LogP contribution in [-0.4, -0.2) is 16.5 Å². The zero-order valence-electron chi connectivity index (χ0n) is 6.97. The van der Waals surface area contributed by atoms with Gasteiger partial charge in [0.25, 0.3) is 0 Å². The molecule has 0 spiro atoms. The van der Waals surface area contributed by atoms with E-state index < -0.39 is 12.0 Å². The number of nitrogens with one attached hydrogen (secondary N) is 1. The number of nitrogens with two attached hydrogens (primary N) is 1. The predicted molar refractivity (Wildman–Crippen MR) is 50.8 cm³/mol. The molecule has 0 aromatic carbocycles. The second-order valence-corrected chi connectivity index (χ2v) is 2.29. The minimum Gasteiger partial charge on any atom is -0.338 e. The van der Waals surface area contributed by atoms with Crippen molar-refractivity contribution in [1.29, 1.82) is 0 Å². The van der Waals surface area contributed by atoms with Gasteiger partial charge in [-0.3, -0.25) is 0 Å². The molecule has 14 heavy (non-hydrogen) atoms. The number of halogens is 5. The molecule has 8 heteroatoms. The van der Waals surface area contributed by atoms with Crippen molar-refractivity contribution in [1.82, 2.24) is 9.97 Å². The first kappa shape index (κ1) is 16.0. The smallest absolute Gasteiger partial charge is 0.338 e. The van der Waals surface area contributed by atoms with Gasteiger partial charge in [-0.05, 0) is 6.54 Å². The van der Waals surface area contributed by atoms with Crippen molar-refractivity contribution < 1.29 is 13.2 Å². The average molecular weight is 252 g/mol. The van der Waals surface area contributed by atoms with Crippen molar-refractivity contribution in [3.8, 4) is 0 Å². The van der Waals surface area contributed by atoms with Crippen LogP contribution in [0.4, 0.5) is 13.2 Å². The van der Waals surface area contributed by atoms with Gasteiger partial charge in [0.2, 0.25) is 5.82 Å². The Morgan fingerprint density at radius 1 is 1.36 bits per heavy atom. The Balaban J connectivity index is 0. The van der Waals surface area contributed by atoms with Crippen LogP contribution in [0, 0.1) is 0 Å². The first-order valence-corrected chi connectivity index (χ1v) is 3.35. The summed E-state index contributed by atoms with van der Waals surface area (Å²) in [5.41, 5.74) is 5.56. The van der Waals surface area contributed by atoms with Crippen molar-refractivity contribution in [2.45, 2.75) is 12.6 Å². The van der Waals surface area contributed by atoms with E-state index in [1.165, 1.54) is 0 Å². The number of imidazole rings is 1. The van der Waals surface area contributed by atoms with Gasteiger partial charge in [0.05, 0.1) is 0 Å². The zero-order valence-corrected chi connectivity index (χ0v) is 8.60. The summed E-state index contributed by atoms with van der Waals surface area (Å²) in [6, 6.07) is 0. The molecule has 1 rings (SSSR count). The summed E-state index contributed by atoms with van der Waals surface area (Å²) >= 11 is 0. The lowest BCUT2D eigenvalue weighted by atomic mass is 10.3. The number of aromatic nitrogens is 2. The zero-order chi connectivity index (χ0) is 9.19. The summed E-state index contributed by atoms with van der Waals surface area (Å²) in [5.74, 6) is -0.967. The van der Waals surface area contributed by atoms with Gasteiger partial charge in [-0.15, -0.1) is 24.8 Å². The van der Waals surface area contributed by atoms with Crippen LogP contribution >= 0.6 is 24.8 Å². The van der Waals surface area contributed by atoms with Crippen LogP contribution in [0.2, 0.25) is 0 Å². The van der Waals surface area contributed by atoms with Crippen LogP contribution in [0.25, 0.3) is 0 Å². The van der Waals surface area contributed by atoms with Gasteiger partial charge < -0.3 is 10.7 Å². The fraction of sp³-hybridized carbons (Fsp3) is 0.500. The van der Waals surface area contributed by atoms with Crippen LogP contribution in [0.3, 0.4) is 0 Å². The van der Waals surface area contributed by atoms with Crippen LogP contribution in [0.1, 0.15) is 11.5 Å². The van der Waals surface area contributed by atoms with Crippen molar-refractivity contribution >= 4 is 24.8 Å². The molecule has 1 aromatic heterocycles. The molecule has 3 N–H and O–H groups in total. The number of hydrogen-bond acceptors (Lipinski definition) is 2. The molecule has 0 aliphatic heterocycles. The predicted octanol–water partition coefficient (Wildman–Crippen LogP) is 1.77. The van der Waals surface area contributed by atoms with Gasteiger partial charge in [-0.2, -0.15) is 13.2 Å². The lowest BCUT2D eigenvalue weighted by Crippen LogP contribution is -2.08. The van der Waals surface area contributed by atoms with E-state index in [0.29, 0.717) is 18.7 Å². The summed E-state index contributed by atoms with van der Waals surface area (Å²) in [6.07, 6.45) is -2.87. The lowest BCUT2D eigenvalue weighted by Gasteiger charge is -1.99. The first-order chi connectivity index (χ1) is 5.54. The van der Waals surface area contributed by atoms with Gasteiger partial charge in [-0.1, -0.05) is 0 Å². The highest BCUT2D eigenvalue weighted by Crippen LogP contribution is 2.26. The van der Waals surface area contributed by atoms with E-state index in [0.717, 1.165) is 6.20 Å². The molecule has 0 amide bonds. The molecule has 1 heterocycles. The normalized spacial score (nSPS) is 10.3. The molecule has 3 nitrogen and oxygen atoms in total. The molecule has 0 fully saturated rings. The number of alkyl halides is 3.